The van der Waals surface area contributed by atoms with Crippen molar-refractivity contribution in [1.29, 1.82) is 0 Å². The van der Waals surface area contributed by atoms with Crippen molar-refractivity contribution in [2.75, 3.05) is 37.6 Å². The molecule has 0 spiro atoms. The number of nitrogens with zero attached hydrogens (tertiary/aromatic N) is 3. The van der Waals surface area contributed by atoms with E-state index in [9.17, 15) is 9.90 Å². The Morgan fingerprint density at radius 2 is 1.58 bits per heavy atom. The number of fused-ring (bicyclic) bond motifs is 5. The van der Waals surface area contributed by atoms with Gasteiger partial charge in [-0.2, -0.15) is 0 Å². The molecule has 38 heavy (non-hydrogen) atoms. The van der Waals surface area contributed by atoms with Gasteiger partial charge in [0.05, 0.1) is 11.3 Å². The van der Waals surface area contributed by atoms with Crippen LogP contribution in [0.1, 0.15) is 86.0 Å². The van der Waals surface area contributed by atoms with Gasteiger partial charge in [-0.1, -0.05) is 56.2 Å². The fourth-order valence-electron chi connectivity index (χ4n) is 7.18. The lowest BCUT2D eigenvalue weighted by molar-refractivity contribution is 0.0697. The van der Waals surface area contributed by atoms with Crippen molar-refractivity contribution in [3.05, 3.63) is 52.5 Å². The number of likely N-dealkylation sites (tertiary alicyclic amines) is 1. The molecule has 0 radical (unpaired) electrons. The first-order valence-electron chi connectivity index (χ1n) is 14.8. The zero-order valence-corrected chi connectivity index (χ0v) is 23.2. The highest BCUT2D eigenvalue weighted by Gasteiger charge is 2.31. The van der Waals surface area contributed by atoms with Gasteiger partial charge in [0.2, 0.25) is 0 Å². The molecule has 3 aliphatic rings. The van der Waals surface area contributed by atoms with E-state index in [2.05, 4.69) is 32.6 Å². The van der Waals surface area contributed by atoms with Crippen molar-refractivity contribution in [2.24, 2.45) is 0 Å². The number of anilines is 1. The summed E-state index contributed by atoms with van der Waals surface area (Å²) in [5.41, 5.74) is 6.60. The number of hydrogen-bond donors (Lipinski definition) is 1. The number of carboxylic acids is 1. The number of carbonyl (C=O) groups is 1. The van der Waals surface area contributed by atoms with Gasteiger partial charge in [-0.15, -0.1) is 0 Å². The van der Waals surface area contributed by atoms with E-state index in [0.29, 0.717) is 11.5 Å². The van der Waals surface area contributed by atoms with Crippen LogP contribution in [0.15, 0.2) is 36.4 Å². The summed E-state index contributed by atoms with van der Waals surface area (Å²) in [5.74, 6) is -0.355. The summed E-state index contributed by atoms with van der Waals surface area (Å²) in [5, 5.41) is 11.8. The van der Waals surface area contributed by atoms with Crippen LogP contribution in [0.4, 0.5) is 5.69 Å². The summed E-state index contributed by atoms with van der Waals surface area (Å²) >= 11 is 6.62. The maximum absolute atomic E-state index is 11.9. The second-order valence-electron chi connectivity index (χ2n) is 11.5. The molecule has 1 N–H and O–H groups in total. The summed E-state index contributed by atoms with van der Waals surface area (Å²) in [6, 6.07) is 12.2. The standard InChI is InChI=1S/C32H40ClN3O2/c33-25-12-14-27-28(22-25)35(18-17-34-15-7-2-1-3-8-16-34)19-20-36-29-21-24(32(37)38)11-13-26(29)30(31(27)36)23-9-5-4-6-10-23/h11-14,21-23H,1-10,15-20H2,(H,37,38). The monoisotopic (exact) mass is 533 g/mol. The first kappa shape index (κ1) is 25.8. The zero-order valence-electron chi connectivity index (χ0n) is 22.4. The lowest BCUT2D eigenvalue weighted by Gasteiger charge is -2.30. The van der Waals surface area contributed by atoms with E-state index in [1.165, 1.54) is 105 Å². The largest absolute Gasteiger partial charge is 0.478 e. The molecule has 0 atom stereocenters. The Balaban J connectivity index is 1.43. The van der Waals surface area contributed by atoms with Crippen LogP contribution < -0.4 is 4.90 Å². The highest BCUT2D eigenvalue weighted by Crippen LogP contribution is 2.47. The number of aromatic nitrogens is 1. The maximum atomic E-state index is 11.9. The lowest BCUT2D eigenvalue weighted by atomic mass is 9.81. The molecule has 5 nitrogen and oxygen atoms in total. The predicted molar refractivity (Wildman–Crippen MR) is 157 cm³/mol. The first-order valence-corrected chi connectivity index (χ1v) is 15.1. The SMILES string of the molecule is O=C(O)c1ccc2c(C3CCCCC3)c3n(c2c1)CCN(CCN1CCCCCCC1)c1cc(Cl)ccc1-3. The zero-order chi connectivity index (χ0) is 26.1. The molecule has 202 valence electrons. The summed E-state index contributed by atoms with van der Waals surface area (Å²) < 4.78 is 2.43. The van der Waals surface area contributed by atoms with E-state index < -0.39 is 5.97 Å². The van der Waals surface area contributed by atoms with E-state index in [1.54, 1.807) is 6.07 Å². The average molecular weight is 534 g/mol. The molecule has 1 aromatic heterocycles. The second kappa shape index (κ2) is 11.3. The van der Waals surface area contributed by atoms with Crippen LogP contribution in [0, 0.1) is 0 Å². The van der Waals surface area contributed by atoms with Crippen LogP contribution in [-0.2, 0) is 6.54 Å². The highest BCUT2D eigenvalue weighted by molar-refractivity contribution is 6.31. The lowest BCUT2D eigenvalue weighted by Crippen LogP contribution is -2.37. The van der Waals surface area contributed by atoms with E-state index in [1.807, 2.05) is 12.1 Å². The summed E-state index contributed by atoms with van der Waals surface area (Å²) in [6.07, 6.45) is 12.9. The molecule has 1 saturated heterocycles. The highest BCUT2D eigenvalue weighted by atomic mass is 35.5. The summed E-state index contributed by atoms with van der Waals surface area (Å²) in [4.78, 5) is 17.1. The van der Waals surface area contributed by atoms with Gasteiger partial charge >= 0.3 is 5.97 Å². The molecule has 6 rings (SSSR count). The Morgan fingerprint density at radius 3 is 2.34 bits per heavy atom. The van der Waals surface area contributed by atoms with Crippen LogP contribution >= 0.6 is 11.6 Å². The van der Waals surface area contributed by atoms with Gasteiger partial charge in [0.1, 0.15) is 0 Å². The Labute approximate surface area is 231 Å². The van der Waals surface area contributed by atoms with Crippen molar-refractivity contribution in [3.8, 4) is 11.3 Å². The fourth-order valence-corrected chi connectivity index (χ4v) is 7.34. The Morgan fingerprint density at radius 1 is 0.842 bits per heavy atom. The Bertz CT molecular complexity index is 1300. The van der Waals surface area contributed by atoms with Crippen LogP contribution in [0.3, 0.4) is 0 Å². The Hall–Kier alpha value is -2.50. The van der Waals surface area contributed by atoms with E-state index in [4.69, 9.17) is 11.6 Å². The molecule has 0 bridgehead atoms. The quantitative estimate of drug-likeness (QED) is 0.363. The molecular formula is C32H40ClN3O2. The van der Waals surface area contributed by atoms with Gasteiger partial charge in [0.15, 0.2) is 0 Å². The topological polar surface area (TPSA) is 48.7 Å². The molecule has 2 aromatic carbocycles. The molecule has 3 heterocycles. The van der Waals surface area contributed by atoms with Gasteiger partial charge in [-0.05, 0) is 80.6 Å². The summed E-state index contributed by atoms with van der Waals surface area (Å²) in [6.45, 7) is 6.18. The van der Waals surface area contributed by atoms with E-state index >= 15 is 0 Å². The van der Waals surface area contributed by atoms with Crippen molar-refractivity contribution >= 4 is 34.2 Å². The number of rotatable bonds is 5. The number of benzene rings is 2. The minimum Gasteiger partial charge on any atom is -0.478 e. The number of halogens is 1. The van der Waals surface area contributed by atoms with Gasteiger partial charge in [-0.25, -0.2) is 4.79 Å². The van der Waals surface area contributed by atoms with Crippen molar-refractivity contribution in [3.63, 3.8) is 0 Å². The van der Waals surface area contributed by atoms with Gasteiger partial charge < -0.3 is 19.5 Å². The third-order valence-electron chi connectivity index (χ3n) is 9.15. The van der Waals surface area contributed by atoms with Crippen LogP contribution in [0.5, 0.6) is 0 Å². The molecule has 6 heteroatoms. The number of carboxylic acid groups (broad SMARTS) is 1. The summed E-state index contributed by atoms with van der Waals surface area (Å²) in [7, 11) is 0. The maximum Gasteiger partial charge on any atom is 0.335 e. The smallest absolute Gasteiger partial charge is 0.335 e. The van der Waals surface area contributed by atoms with E-state index in [-0.39, 0.29) is 0 Å². The van der Waals surface area contributed by atoms with E-state index in [0.717, 1.165) is 36.7 Å². The molecule has 0 unspecified atom stereocenters. The molecule has 2 fully saturated rings. The average Bonchev–Trinajstić information content (AvgIpc) is 3.14. The fraction of sp³-hybridized carbons (Fsp3) is 0.531. The number of hydrogen-bond acceptors (Lipinski definition) is 3. The molecule has 1 aliphatic carbocycles. The van der Waals surface area contributed by atoms with Gasteiger partial charge in [-0.3, -0.25) is 0 Å². The molecule has 1 saturated carbocycles. The van der Waals surface area contributed by atoms with Gasteiger partial charge in [0, 0.05) is 53.4 Å². The predicted octanol–water partition coefficient (Wildman–Crippen LogP) is 7.79. The van der Waals surface area contributed by atoms with Crippen molar-refractivity contribution in [1.82, 2.24) is 9.47 Å². The van der Waals surface area contributed by atoms with Gasteiger partial charge in [0.25, 0.3) is 0 Å². The normalized spacial score (nSPS) is 19.4. The van der Waals surface area contributed by atoms with Crippen LogP contribution in [-0.4, -0.2) is 53.3 Å². The van der Waals surface area contributed by atoms with Crippen molar-refractivity contribution in [2.45, 2.75) is 76.7 Å². The minimum atomic E-state index is -0.864. The molecule has 0 amide bonds. The third kappa shape index (κ3) is 5.08. The van der Waals surface area contributed by atoms with Crippen LogP contribution in [0.2, 0.25) is 5.02 Å². The minimum absolute atomic E-state index is 0.363. The second-order valence-corrected chi connectivity index (χ2v) is 12.0. The molecule has 2 aliphatic heterocycles. The molecular weight excluding hydrogens is 494 g/mol. The molecule has 3 aromatic rings. The van der Waals surface area contributed by atoms with Crippen LogP contribution in [0.25, 0.3) is 22.2 Å². The number of aromatic carboxylic acids is 1. The first-order chi connectivity index (χ1) is 18.6. The third-order valence-corrected chi connectivity index (χ3v) is 9.38. The van der Waals surface area contributed by atoms with Crippen molar-refractivity contribution < 1.29 is 9.90 Å². The Kier molecular flexibility index (Phi) is 7.67.